The first kappa shape index (κ1) is 18.3. The number of aromatic nitrogens is 2. The molecular formula is C18H24N6OS. The van der Waals surface area contributed by atoms with Gasteiger partial charge in [0.15, 0.2) is 5.96 Å². The third kappa shape index (κ3) is 4.19. The summed E-state index contributed by atoms with van der Waals surface area (Å²) in [5.41, 5.74) is 2.23. The Morgan fingerprint density at radius 1 is 1.31 bits per heavy atom. The van der Waals surface area contributed by atoms with Crippen molar-refractivity contribution in [2.75, 3.05) is 25.0 Å². The third-order valence-corrected chi connectivity index (χ3v) is 5.43. The fourth-order valence-corrected chi connectivity index (χ4v) is 3.59. The van der Waals surface area contributed by atoms with E-state index >= 15 is 0 Å². The van der Waals surface area contributed by atoms with Gasteiger partial charge in [-0.15, -0.1) is 10.2 Å². The minimum atomic E-state index is 0.0379. The van der Waals surface area contributed by atoms with Crippen molar-refractivity contribution in [3.8, 4) is 0 Å². The second-order valence-corrected chi connectivity index (χ2v) is 7.49. The Morgan fingerprint density at radius 2 is 2.12 bits per heavy atom. The lowest BCUT2D eigenvalue weighted by atomic mass is 10.2. The highest BCUT2D eigenvalue weighted by Crippen LogP contribution is 2.27. The zero-order chi connectivity index (χ0) is 18.5. The number of aliphatic imine (C=N–C) groups is 1. The maximum absolute atomic E-state index is 12.5. The van der Waals surface area contributed by atoms with Gasteiger partial charge in [0.1, 0.15) is 10.0 Å². The Bertz CT molecular complexity index is 800. The zero-order valence-corrected chi connectivity index (χ0v) is 16.1. The summed E-state index contributed by atoms with van der Waals surface area (Å²) in [6.45, 7) is 5.65. The van der Waals surface area contributed by atoms with Crippen LogP contribution in [0.25, 0.3) is 0 Å². The summed E-state index contributed by atoms with van der Waals surface area (Å²) < 4.78 is 0. The van der Waals surface area contributed by atoms with Crippen molar-refractivity contribution in [2.45, 2.75) is 32.7 Å². The number of fused-ring (bicyclic) bond motifs is 1. The van der Waals surface area contributed by atoms with E-state index < -0.39 is 0 Å². The molecule has 0 saturated carbocycles. The number of nitrogens with one attached hydrogen (secondary N) is 2. The lowest BCUT2D eigenvalue weighted by Gasteiger charge is -2.18. The van der Waals surface area contributed by atoms with E-state index in [0.717, 1.165) is 28.7 Å². The van der Waals surface area contributed by atoms with Crippen molar-refractivity contribution in [1.82, 2.24) is 20.8 Å². The molecule has 3 rings (SSSR count). The third-order valence-electron chi connectivity index (χ3n) is 4.20. The highest BCUT2D eigenvalue weighted by molar-refractivity contribution is 7.11. The second kappa shape index (κ2) is 8.27. The molecule has 0 unspecified atom stereocenters. The minimum absolute atomic E-state index is 0.0379. The van der Waals surface area contributed by atoms with Gasteiger partial charge in [0, 0.05) is 25.2 Å². The molecule has 0 bridgehead atoms. The average molecular weight is 372 g/mol. The smallest absolute Gasteiger partial charge is 0.246 e. The molecule has 1 aromatic carbocycles. The van der Waals surface area contributed by atoms with E-state index in [-0.39, 0.29) is 12.5 Å². The van der Waals surface area contributed by atoms with Crippen LogP contribution in [0.2, 0.25) is 0 Å². The SMILES string of the molecule is CN=C(NCC(=O)N1CCc2ccccc21)NCc1nnc(C(C)C)s1. The van der Waals surface area contributed by atoms with Gasteiger partial charge in [-0.3, -0.25) is 9.79 Å². The van der Waals surface area contributed by atoms with Crippen molar-refractivity contribution in [3.63, 3.8) is 0 Å². The number of carbonyl (C=O) groups is 1. The molecule has 138 valence electrons. The van der Waals surface area contributed by atoms with Crippen LogP contribution in [0, 0.1) is 0 Å². The number of amides is 1. The molecule has 8 heteroatoms. The molecule has 0 spiro atoms. The fraction of sp³-hybridized carbons (Fsp3) is 0.444. The molecule has 0 aliphatic carbocycles. The van der Waals surface area contributed by atoms with Crippen LogP contribution in [0.3, 0.4) is 0 Å². The maximum Gasteiger partial charge on any atom is 0.246 e. The molecule has 2 N–H and O–H groups in total. The first-order valence-electron chi connectivity index (χ1n) is 8.73. The molecule has 1 aliphatic heterocycles. The number of benzene rings is 1. The van der Waals surface area contributed by atoms with Crippen LogP contribution >= 0.6 is 11.3 Å². The Kier molecular flexibility index (Phi) is 5.82. The number of nitrogens with zero attached hydrogens (tertiary/aromatic N) is 4. The minimum Gasteiger partial charge on any atom is -0.350 e. The highest BCUT2D eigenvalue weighted by Gasteiger charge is 2.23. The summed E-state index contributed by atoms with van der Waals surface area (Å²) in [5.74, 6) is 0.989. The van der Waals surface area contributed by atoms with E-state index in [0.29, 0.717) is 18.4 Å². The van der Waals surface area contributed by atoms with Gasteiger partial charge in [-0.2, -0.15) is 0 Å². The summed E-state index contributed by atoms with van der Waals surface area (Å²) >= 11 is 1.59. The van der Waals surface area contributed by atoms with Gasteiger partial charge in [-0.1, -0.05) is 43.4 Å². The van der Waals surface area contributed by atoms with Crippen LogP contribution in [-0.4, -0.2) is 42.2 Å². The summed E-state index contributed by atoms with van der Waals surface area (Å²) in [7, 11) is 1.69. The fourth-order valence-electron chi connectivity index (χ4n) is 2.80. The quantitative estimate of drug-likeness (QED) is 0.619. The monoisotopic (exact) mass is 372 g/mol. The van der Waals surface area contributed by atoms with E-state index in [1.54, 1.807) is 18.4 Å². The van der Waals surface area contributed by atoms with Crippen molar-refractivity contribution in [2.24, 2.45) is 4.99 Å². The maximum atomic E-state index is 12.5. The van der Waals surface area contributed by atoms with Crippen molar-refractivity contribution < 1.29 is 4.79 Å². The van der Waals surface area contributed by atoms with Crippen molar-refractivity contribution in [1.29, 1.82) is 0 Å². The second-order valence-electron chi connectivity index (χ2n) is 6.39. The Morgan fingerprint density at radius 3 is 2.85 bits per heavy atom. The number of para-hydroxylation sites is 1. The summed E-state index contributed by atoms with van der Waals surface area (Å²) in [4.78, 5) is 18.5. The van der Waals surface area contributed by atoms with Gasteiger partial charge in [-0.05, 0) is 18.1 Å². The Hall–Kier alpha value is -2.48. The van der Waals surface area contributed by atoms with Gasteiger partial charge in [0.05, 0.1) is 13.1 Å². The number of hydrogen-bond donors (Lipinski definition) is 2. The molecule has 0 atom stereocenters. The molecule has 1 amide bonds. The first-order chi connectivity index (χ1) is 12.6. The van der Waals surface area contributed by atoms with Gasteiger partial charge < -0.3 is 15.5 Å². The highest BCUT2D eigenvalue weighted by atomic mass is 32.1. The summed E-state index contributed by atoms with van der Waals surface area (Å²) in [6.07, 6.45) is 0.907. The van der Waals surface area contributed by atoms with Gasteiger partial charge in [0.25, 0.3) is 0 Å². The lowest BCUT2D eigenvalue weighted by molar-refractivity contribution is -0.117. The molecule has 26 heavy (non-hydrogen) atoms. The first-order valence-corrected chi connectivity index (χ1v) is 9.55. The topological polar surface area (TPSA) is 82.5 Å². The molecular weight excluding hydrogens is 348 g/mol. The average Bonchev–Trinajstić information content (AvgIpc) is 3.28. The number of rotatable bonds is 5. The number of hydrogen-bond acceptors (Lipinski definition) is 5. The Balaban J connectivity index is 1.50. The van der Waals surface area contributed by atoms with Crippen LogP contribution in [0.5, 0.6) is 0 Å². The number of guanidine groups is 1. The largest absolute Gasteiger partial charge is 0.350 e. The standard InChI is InChI=1S/C18H24N6OS/c1-12(2)17-23-22-15(26-17)10-20-18(19-3)21-11-16(25)24-9-8-13-6-4-5-7-14(13)24/h4-7,12H,8-11H2,1-3H3,(H2,19,20,21). The molecule has 0 saturated heterocycles. The van der Waals surface area contributed by atoms with Gasteiger partial charge >= 0.3 is 0 Å². The van der Waals surface area contributed by atoms with E-state index in [4.69, 9.17) is 0 Å². The van der Waals surface area contributed by atoms with Crippen LogP contribution in [0.1, 0.15) is 35.3 Å². The predicted molar refractivity (Wildman–Crippen MR) is 105 cm³/mol. The molecule has 1 aliphatic rings. The van der Waals surface area contributed by atoms with E-state index in [1.807, 2.05) is 23.1 Å². The molecule has 2 aromatic rings. The zero-order valence-electron chi connectivity index (χ0n) is 15.3. The number of carbonyl (C=O) groups excluding carboxylic acids is 1. The predicted octanol–water partition coefficient (Wildman–Crippen LogP) is 1.92. The molecule has 7 nitrogen and oxygen atoms in total. The van der Waals surface area contributed by atoms with E-state index in [9.17, 15) is 4.79 Å². The van der Waals surface area contributed by atoms with Crippen LogP contribution in [-0.2, 0) is 17.8 Å². The van der Waals surface area contributed by atoms with Crippen LogP contribution in [0.15, 0.2) is 29.3 Å². The van der Waals surface area contributed by atoms with Crippen LogP contribution in [0.4, 0.5) is 5.69 Å². The molecule has 1 aromatic heterocycles. The summed E-state index contributed by atoms with van der Waals surface area (Å²) in [6, 6.07) is 8.04. The molecule has 0 radical (unpaired) electrons. The van der Waals surface area contributed by atoms with E-state index in [1.165, 1.54) is 5.56 Å². The van der Waals surface area contributed by atoms with Crippen molar-refractivity contribution in [3.05, 3.63) is 39.8 Å². The molecule has 0 fully saturated rings. The molecule has 2 heterocycles. The van der Waals surface area contributed by atoms with Gasteiger partial charge in [0.2, 0.25) is 5.91 Å². The summed E-state index contributed by atoms with van der Waals surface area (Å²) in [5, 5.41) is 16.5. The number of anilines is 1. The van der Waals surface area contributed by atoms with Crippen LogP contribution < -0.4 is 15.5 Å². The van der Waals surface area contributed by atoms with E-state index in [2.05, 4.69) is 45.7 Å². The van der Waals surface area contributed by atoms with Crippen molar-refractivity contribution >= 4 is 28.9 Å². The van der Waals surface area contributed by atoms with Gasteiger partial charge in [-0.25, -0.2) is 0 Å². The normalized spacial score (nSPS) is 13.8. The lowest BCUT2D eigenvalue weighted by Crippen LogP contribution is -2.44. The Labute approximate surface area is 157 Å².